The lowest BCUT2D eigenvalue weighted by Gasteiger charge is -2.39. The number of hydrogen-bond acceptors (Lipinski definition) is 4. The van der Waals surface area contributed by atoms with Crippen LogP contribution in [0.3, 0.4) is 0 Å². The Kier molecular flexibility index (Phi) is 9.28. The normalized spacial score (nSPS) is 24.3. The Morgan fingerprint density at radius 2 is 2.04 bits per heavy atom. The summed E-state index contributed by atoms with van der Waals surface area (Å²) in [6.45, 7) is 6.74. The average Bonchev–Trinajstić information content (AvgIpc) is 3.06. The van der Waals surface area contributed by atoms with Crippen molar-refractivity contribution < 1.29 is 9.21 Å². The zero-order valence-electron chi connectivity index (χ0n) is 15.0. The van der Waals surface area contributed by atoms with Crippen molar-refractivity contribution in [3.63, 3.8) is 0 Å². The number of halogens is 2. The van der Waals surface area contributed by atoms with E-state index in [0.29, 0.717) is 29.8 Å². The Hall–Kier alpha value is -0.750. The fourth-order valence-electron chi connectivity index (χ4n) is 3.94. The number of carbonyl (C=O) groups excluding carboxylic acids is 1. The Labute approximate surface area is 163 Å². The van der Waals surface area contributed by atoms with Gasteiger partial charge in [0, 0.05) is 25.7 Å². The Bertz CT molecular complexity index is 538. The molecule has 1 amide bonds. The van der Waals surface area contributed by atoms with E-state index in [-0.39, 0.29) is 30.7 Å². The van der Waals surface area contributed by atoms with E-state index in [2.05, 4.69) is 11.8 Å². The smallest absolute Gasteiger partial charge is 0.257 e. The molecular formula is C18H31Cl2N3O2. The molecule has 2 atom stereocenters. The highest BCUT2D eigenvalue weighted by Gasteiger charge is 2.28. The number of furan rings is 1. The fourth-order valence-corrected chi connectivity index (χ4v) is 3.94. The van der Waals surface area contributed by atoms with Gasteiger partial charge in [-0.05, 0) is 51.1 Å². The lowest BCUT2D eigenvalue weighted by Crippen LogP contribution is -2.46. The topological polar surface area (TPSA) is 62.7 Å². The molecule has 2 saturated heterocycles. The minimum absolute atomic E-state index is 0. The predicted molar refractivity (Wildman–Crippen MR) is 105 cm³/mol. The van der Waals surface area contributed by atoms with Crippen LogP contribution in [-0.4, -0.2) is 47.9 Å². The van der Waals surface area contributed by atoms with Crippen molar-refractivity contribution >= 4 is 30.7 Å². The van der Waals surface area contributed by atoms with Gasteiger partial charge in [0.1, 0.15) is 12.0 Å². The maximum absolute atomic E-state index is 12.6. The zero-order chi connectivity index (χ0) is 16.2. The summed E-state index contributed by atoms with van der Waals surface area (Å²) in [7, 11) is 0. The van der Waals surface area contributed by atoms with Gasteiger partial charge in [-0.3, -0.25) is 4.79 Å². The molecule has 2 aliphatic rings. The average molecular weight is 392 g/mol. The van der Waals surface area contributed by atoms with Crippen LogP contribution >= 0.6 is 24.8 Å². The molecule has 3 heterocycles. The lowest BCUT2D eigenvalue weighted by atomic mass is 9.94. The van der Waals surface area contributed by atoms with Crippen molar-refractivity contribution in [2.24, 2.45) is 11.7 Å². The van der Waals surface area contributed by atoms with Crippen LogP contribution in [0.1, 0.15) is 55.1 Å². The molecule has 25 heavy (non-hydrogen) atoms. The highest BCUT2D eigenvalue weighted by atomic mass is 35.5. The lowest BCUT2D eigenvalue weighted by molar-refractivity contribution is 0.0594. The van der Waals surface area contributed by atoms with Gasteiger partial charge in [0.15, 0.2) is 0 Å². The van der Waals surface area contributed by atoms with Crippen LogP contribution in [0.15, 0.2) is 16.7 Å². The molecule has 0 spiro atoms. The summed E-state index contributed by atoms with van der Waals surface area (Å²) in [5.74, 6) is 1.35. The monoisotopic (exact) mass is 391 g/mol. The predicted octanol–water partition coefficient (Wildman–Crippen LogP) is 3.31. The molecule has 0 aromatic carbocycles. The van der Waals surface area contributed by atoms with Crippen molar-refractivity contribution in [1.82, 2.24) is 9.80 Å². The second-order valence-corrected chi connectivity index (χ2v) is 7.10. The van der Waals surface area contributed by atoms with Gasteiger partial charge in [-0.25, -0.2) is 0 Å². The van der Waals surface area contributed by atoms with Crippen LogP contribution < -0.4 is 5.73 Å². The Morgan fingerprint density at radius 3 is 2.72 bits per heavy atom. The van der Waals surface area contributed by atoms with E-state index in [4.69, 9.17) is 10.2 Å². The summed E-state index contributed by atoms with van der Waals surface area (Å²) in [6, 6.07) is 2.47. The standard InChI is InChI=1S/C18H29N3O2.2ClH/c1-14-5-2-3-7-20(14)11-15-6-4-8-21(12-15)18(22)16-9-17(10-19)23-13-16;;/h9,13-15H,2-8,10-12,19H2,1H3;2*1H. The van der Waals surface area contributed by atoms with Gasteiger partial charge in [-0.15, -0.1) is 24.8 Å². The van der Waals surface area contributed by atoms with E-state index in [1.165, 1.54) is 32.2 Å². The van der Waals surface area contributed by atoms with Gasteiger partial charge in [0.2, 0.25) is 0 Å². The summed E-state index contributed by atoms with van der Waals surface area (Å²) >= 11 is 0. The van der Waals surface area contributed by atoms with Gasteiger partial charge in [-0.1, -0.05) is 6.42 Å². The van der Waals surface area contributed by atoms with Crippen LogP contribution in [0.4, 0.5) is 0 Å². The maximum atomic E-state index is 12.6. The molecule has 0 saturated carbocycles. The van der Waals surface area contributed by atoms with Crippen molar-refractivity contribution in [3.05, 3.63) is 23.7 Å². The first kappa shape index (κ1) is 22.3. The van der Waals surface area contributed by atoms with Crippen LogP contribution in [0.25, 0.3) is 0 Å². The molecule has 1 aromatic rings. The summed E-state index contributed by atoms with van der Waals surface area (Å²) in [5.41, 5.74) is 6.19. The van der Waals surface area contributed by atoms with Crippen molar-refractivity contribution in [2.75, 3.05) is 26.2 Å². The van der Waals surface area contributed by atoms with Gasteiger partial charge in [-0.2, -0.15) is 0 Å². The van der Waals surface area contributed by atoms with E-state index in [0.717, 1.165) is 26.1 Å². The molecule has 144 valence electrons. The summed E-state index contributed by atoms with van der Waals surface area (Å²) in [5, 5.41) is 0. The van der Waals surface area contributed by atoms with E-state index in [1.807, 2.05) is 4.90 Å². The number of nitrogens with two attached hydrogens (primary N) is 1. The summed E-state index contributed by atoms with van der Waals surface area (Å²) < 4.78 is 5.31. The molecule has 1 aromatic heterocycles. The largest absolute Gasteiger partial charge is 0.467 e. The SMILES string of the molecule is CC1CCCCN1CC1CCCN(C(=O)c2coc(CN)c2)C1.Cl.Cl. The maximum Gasteiger partial charge on any atom is 0.257 e. The molecule has 2 aliphatic heterocycles. The number of amides is 1. The summed E-state index contributed by atoms with van der Waals surface area (Å²) in [4.78, 5) is 17.3. The fraction of sp³-hybridized carbons (Fsp3) is 0.722. The van der Waals surface area contributed by atoms with Crippen LogP contribution in [0.5, 0.6) is 0 Å². The first-order valence-corrected chi connectivity index (χ1v) is 8.98. The third-order valence-corrected chi connectivity index (χ3v) is 5.34. The van der Waals surface area contributed by atoms with E-state index in [9.17, 15) is 4.79 Å². The second kappa shape index (κ2) is 10.4. The van der Waals surface area contributed by atoms with Gasteiger partial charge < -0.3 is 20.0 Å². The Balaban J connectivity index is 0.00000156. The molecule has 0 radical (unpaired) electrons. The minimum atomic E-state index is 0. The zero-order valence-corrected chi connectivity index (χ0v) is 16.6. The van der Waals surface area contributed by atoms with Gasteiger partial charge in [0.05, 0.1) is 12.1 Å². The van der Waals surface area contributed by atoms with E-state index in [1.54, 1.807) is 12.3 Å². The number of likely N-dealkylation sites (tertiary alicyclic amines) is 2. The molecule has 5 nitrogen and oxygen atoms in total. The summed E-state index contributed by atoms with van der Waals surface area (Å²) in [6.07, 6.45) is 7.85. The molecule has 2 fully saturated rings. The number of nitrogens with zero attached hydrogens (tertiary/aromatic N) is 2. The Morgan fingerprint density at radius 1 is 1.24 bits per heavy atom. The third-order valence-electron chi connectivity index (χ3n) is 5.34. The van der Waals surface area contributed by atoms with E-state index < -0.39 is 0 Å². The highest BCUT2D eigenvalue weighted by molar-refractivity contribution is 5.94. The van der Waals surface area contributed by atoms with Crippen molar-refractivity contribution in [2.45, 2.75) is 51.6 Å². The van der Waals surface area contributed by atoms with Crippen molar-refractivity contribution in [3.8, 4) is 0 Å². The minimum Gasteiger partial charge on any atom is -0.467 e. The molecule has 2 N–H and O–H groups in total. The first-order valence-electron chi connectivity index (χ1n) is 8.98. The molecular weight excluding hydrogens is 361 g/mol. The molecule has 3 rings (SSSR count). The van der Waals surface area contributed by atoms with Gasteiger partial charge >= 0.3 is 0 Å². The number of carbonyl (C=O) groups is 1. The number of rotatable bonds is 4. The highest BCUT2D eigenvalue weighted by Crippen LogP contribution is 2.24. The number of hydrogen-bond donors (Lipinski definition) is 1. The molecule has 0 aliphatic carbocycles. The second-order valence-electron chi connectivity index (χ2n) is 7.10. The van der Waals surface area contributed by atoms with Crippen molar-refractivity contribution in [1.29, 1.82) is 0 Å². The van der Waals surface area contributed by atoms with Crippen LogP contribution in [0, 0.1) is 5.92 Å². The molecule has 0 bridgehead atoms. The molecule has 7 heteroatoms. The van der Waals surface area contributed by atoms with Crippen LogP contribution in [0.2, 0.25) is 0 Å². The van der Waals surface area contributed by atoms with Crippen LogP contribution in [-0.2, 0) is 6.54 Å². The molecule has 2 unspecified atom stereocenters. The van der Waals surface area contributed by atoms with E-state index >= 15 is 0 Å². The third kappa shape index (κ3) is 5.61. The number of piperidine rings is 2. The first-order chi connectivity index (χ1) is 11.2. The van der Waals surface area contributed by atoms with Gasteiger partial charge in [0.25, 0.3) is 5.91 Å². The quantitative estimate of drug-likeness (QED) is 0.854.